The Kier molecular flexibility index (Phi) is 7.18. The van der Waals surface area contributed by atoms with Crippen LogP contribution in [0.4, 0.5) is 18.9 Å². The van der Waals surface area contributed by atoms with Crippen molar-refractivity contribution >= 4 is 28.8 Å². The number of anilines is 1. The number of carbonyl (C=O) groups is 2. The number of benzene rings is 1. The zero-order valence-electron chi connectivity index (χ0n) is 16.7. The van der Waals surface area contributed by atoms with E-state index in [-0.39, 0.29) is 11.7 Å². The van der Waals surface area contributed by atoms with Gasteiger partial charge >= 0.3 is 12.1 Å². The number of thiophene rings is 1. The minimum Gasteiger partial charge on any atom is -0.351 e. The van der Waals surface area contributed by atoms with Crippen molar-refractivity contribution in [1.29, 1.82) is 0 Å². The highest BCUT2D eigenvalue weighted by Crippen LogP contribution is 2.36. The first kappa shape index (κ1) is 22.3. The maximum Gasteiger partial charge on any atom is 0.471 e. The Labute approximate surface area is 178 Å². The van der Waals surface area contributed by atoms with E-state index in [4.69, 9.17) is 0 Å². The Hall–Kier alpha value is -2.35. The third kappa shape index (κ3) is 5.03. The van der Waals surface area contributed by atoms with Crippen LogP contribution in [0.3, 0.4) is 0 Å². The Bertz CT molecular complexity index is 862. The third-order valence-electron chi connectivity index (χ3n) is 5.36. The topological polar surface area (TPSA) is 49.4 Å². The molecule has 8 heteroatoms. The lowest BCUT2D eigenvalue weighted by atomic mass is 9.95. The third-order valence-corrected chi connectivity index (χ3v) is 6.29. The van der Waals surface area contributed by atoms with Crippen molar-refractivity contribution in [2.24, 2.45) is 0 Å². The number of alkyl halides is 3. The first-order chi connectivity index (χ1) is 14.3. The molecule has 3 rings (SSSR count). The van der Waals surface area contributed by atoms with Crippen molar-refractivity contribution in [1.82, 2.24) is 5.32 Å². The van der Waals surface area contributed by atoms with Gasteiger partial charge in [-0.15, -0.1) is 11.3 Å². The molecule has 1 aliphatic rings. The average molecular weight is 439 g/mol. The molecular weight excluding hydrogens is 413 g/mol. The van der Waals surface area contributed by atoms with E-state index in [1.54, 1.807) is 42.6 Å². The standard InChI is InChI=1S/C22H25F3N2O2S/c1-2-15-9-6-7-12-17(15)27(21(29)22(23,24)25)19(18-13-8-14-30-18)20(28)26-16-10-4-3-5-11-16/h6-9,12-14,16,19H,2-5,10-11H2,1H3,(H,26,28)/t19-/m0/s1. The van der Waals surface area contributed by atoms with Crippen molar-refractivity contribution in [2.45, 2.75) is 63.7 Å². The second-order valence-corrected chi connectivity index (χ2v) is 8.40. The van der Waals surface area contributed by atoms with Gasteiger partial charge in [-0.25, -0.2) is 0 Å². The van der Waals surface area contributed by atoms with Gasteiger partial charge in [-0.2, -0.15) is 13.2 Å². The summed E-state index contributed by atoms with van der Waals surface area (Å²) in [6, 6.07) is 8.24. The number of halogens is 3. The molecule has 2 amide bonds. The van der Waals surface area contributed by atoms with E-state index in [1.165, 1.54) is 6.07 Å². The Morgan fingerprint density at radius 3 is 2.43 bits per heavy atom. The molecule has 0 saturated heterocycles. The molecule has 1 aromatic carbocycles. The van der Waals surface area contributed by atoms with Gasteiger partial charge in [-0.1, -0.05) is 50.5 Å². The predicted molar refractivity (Wildman–Crippen MR) is 111 cm³/mol. The SMILES string of the molecule is CCc1ccccc1N(C(=O)C(F)(F)F)[C@H](C(=O)NC1CCCCC1)c1cccs1. The van der Waals surface area contributed by atoms with E-state index in [0.29, 0.717) is 21.8 Å². The average Bonchev–Trinajstić information content (AvgIpc) is 3.25. The van der Waals surface area contributed by atoms with Gasteiger partial charge in [0.1, 0.15) is 0 Å². The van der Waals surface area contributed by atoms with Crippen LogP contribution in [-0.2, 0) is 16.0 Å². The quantitative estimate of drug-likeness (QED) is 0.657. The molecule has 1 aliphatic carbocycles. The van der Waals surface area contributed by atoms with Crippen LogP contribution in [0.1, 0.15) is 55.5 Å². The number of nitrogens with one attached hydrogen (secondary N) is 1. The van der Waals surface area contributed by atoms with Gasteiger partial charge in [0, 0.05) is 16.6 Å². The van der Waals surface area contributed by atoms with Gasteiger partial charge in [0.05, 0.1) is 0 Å². The number of carbonyl (C=O) groups excluding carboxylic acids is 2. The maximum atomic E-state index is 13.6. The number of hydrogen-bond acceptors (Lipinski definition) is 3. The fourth-order valence-corrected chi connectivity index (χ4v) is 4.71. The van der Waals surface area contributed by atoms with Gasteiger partial charge < -0.3 is 5.32 Å². The number of amides is 2. The molecule has 0 spiro atoms. The highest BCUT2D eigenvalue weighted by Gasteiger charge is 2.48. The molecule has 0 radical (unpaired) electrons. The molecule has 1 aromatic heterocycles. The molecule has 1 N–H and O–H groups in total. The van der Waals surface area contributed by atoms with Crippen LogP contribution in [0.25, 0.3) is 0 Å². The van der Waals surface area contributed by atoms with E-state index in [0.717, 1.165) is 43.4 Å². The number of nitrogens with zero attached hydrogens (tertiary/aromatic N) is 1. The molecule has 0 aliphatic heterocycles. The highest BCUT2D eigenvalue weighted by molar-refractivity contribution is 7.10. The van der Waals surface area contributed by atoms with Crippen LogP contribution in [0, 0.1) is 0 Å². The molecule has 1 atom stereocenters. The molecule has 30 heavy (non-hydrogen) atoms. The smallest absolute Gasteiger partial charge is 0.351 e. The monoisotopic (exact) mass is 438 g/mol. The molecule has 4 nitrogen and oxygen atoms in total. The number of hydrogen-bond donors (Lipinski definition) is 1. The zero-order valence-corrected chi connectivity index (χ0v) is 17.6. The molecule has 1 saturated carbocycles. The predicted octanol–water partition coefficient (Wildman–Crippen LogP) is 5.40. The number of aryl methyl sites for hydroxylation is 1. The van der Waals surface area contributed by atoms with Gasteiger partial charge in [0.2, 0.25) is 5.91 Å². The highest BCUT2D eigenvalue weighted by atomic mass is 32.1. The normalized spacial score (nSPS) is 16.1. The molecule has 2 aromatic rings. The Balaban J connectivity index is 2.07. The van der Waals surface area contributed by atoms with Crippen LogP contribution >= 0.6 is 11.3 Å². The summed E-state index contributed by atoms with van der Waals surface area (Å²) < 4.78 is 40.9. The maximum absolute atomic E-state index is 13.6. The van der Waals surface area contributed by atoms with E-state index in [2.05, 4.69) is 5.32 Å². The van der Waals surface area contributed by atoms with Crippen LogP contribution in [0.2, 0.25) is 0 Å². The largest absolute Gasteiger partial charge is 0.471 e. The van der Waals surface area contributed by atoms with Crippen LogP contribution in [0.5, 0.6) is 0 Å². The van der Waals surface area contributed by atoms with Gasteiger partial charge in [0.25, 0.3) is 0 Å². The van der Waals surface area contributed by atoms with Crippen molar-refractivity contribution in [3.8, 4) is 0 Å². The second kappa shape index (κ2) is 9.64. The Morgan fingerprint density at radius 1 is 1.13 bits per heavy atom. The molecule has 0 unspecified atom stereocenters. The van der Waals surface area contributed by atoms with Gasteiger partial charge in [0.15, 0.2) is 6.04 Å². The fraction of sp³-hybridized carbons (Fsp3) is 0.455. The van der Waals surface area contributed by atoms with Crippen LogP contribution in [0.15, 0.2) is 41.8 Å². The van der Waals surface area contributed by atoms with E-state index in [9.17, 15) is 22.8 Å². The molecular formula is C22H25F3N2O2S. The summed E-state index contributed by atoms with van der Waals surface area (Å²) in [5.41, 5.74) is 0.682. The van der Waals surface area contributed by atoms with Crippen LogP contribution in [-0.4, -0.2) is 24.0 Å². The lowest BCUT2D eigenvalue weighted by molar-refractivity contribution is -0.171. The van der Waals surface area contributed by atoms with Gasteiger partial charge in [-0.05, 0) is 42.3 Å². The number of rotatable bonds is 6. The Morgan fingerprint density at radius 2 is 1.83 bits per heavy atom. The molecule has 162 valence electrons. The van der Waals surface area contributed by atoms with Crippen LogP contribution < -0.4 is 10.2 Å². The summed E-state index contributed by atoms with van der Waals surface area (Å²) in [7, 11) is 0. The van der Waals surface area contributed by atoms with E-state index in [1.807, 2.05) is 0 Å². The summed E-state index contributed by atoms with van der Waals surface area (Å²) in [4.78, 5) is 26.9. The molecule has 0 bridgehead atoms. The number of para-hydroxylation sites is 1. The first-order valence-corrected chi connectivity index (χ1v) is 11.0. The lowest BCUT2D eigenvalue weighted by Gasteiger charge is -2.34. The molecule has 1 heterocycles. The fourth-order valence-electron chi connectivity index (χ4n) is 3.89. The van der Waals surface area contributed by atoms with Crippen molar-refractivity contribution in [3.63, 3.8) is 0 Å². The first-order valence-electron chi connectivity index (χ1n) is 10.1. The second-order valence-electron chi connectivity index (χ2n) is 7.42. The lowest BCUT2D eigenvalue weighted by Crippen LogP contribution is -2.50. The summed E-state index contributed by atoms with van der Waals surface area (Å²) in [6.45, 7) is 1.80. The van der Waals surface area contributed by atoms with E-state index >= 15 is 0 Å². The van der Waals surface area contributed by atoms with Crippen molar-refractivity contribution in [3.05, 3.63) is 52.2 Å². The van der Waals surface area contributed by atoms with E-state index < -0.39 is 24.0 Å². The minimum atomic E-state index is -5.11. The summed E-state index contributed by atoms with van der Waals surface area (Å²) in [5, 5.41) is 4.60. The molecule has 1 fully saturated rings. The summed E-state index contributed by atoms with van der Waals surface area (Å²) in [6.07, 6.45) is -0.0652. The zero-order chi connectivity index (χ0) is 21.7. The summed E-state index contributed by atoms with van der Waals surface area (Å²) >= 11 is 1.16. The van der Waals surface area contributed by atoms with Crippen molar-refractivity contribution < 1.29 is 22.8 Å². The van der Waals surface area contributed by atoms with Gasteiger partial charge in [-0.3, -0.25) is 14.5 Å². The summed E-state index contributed by atoms with van der Waals surface area (Å²) in [5.74, 6) is -2.62. The minimum absolute atomic E-state index is 0.0852. The van der Waals surface area contributed by atoms with Crippen molar-refractivity contribution in [2.75, 3.05) is 4.90 Å².